The molecule has 34 heavy (non-hydrogen) atoms. The molecular formula is C30H30BNO2. The molecule has 0 unspecified atom stereocenters. The lowest BCUT2D eigenvalue weighted by atomic mass is 9.79. The number of para-hydroxylation sites is 2. The van der Waals surface area contributed by atoms with E-state index in [2.05, 4.69) is 136 Å². The predicted octanol–water partition coefficient (Wildman–Crippen LogP) is 7.12. The fourth-order valence-corrected chi connectivity index (χ4v) is 4.32. The predicted molar refractivity (Wildman–Crippen MR) is 142 cm³/mol. The van der Waals surface area contributed by atoms with E-state index in [0.717, 1.165) is 22.5 Å². The van der Waals surface area contributed by atoms with Crippen molar-refractivity contribution in [1.29, 1.82) is 0 Å². The smallest absolute Gasteiger partial charge is 0.399 e. The van der Waals surface area contributed by atoms with Crippen molar-refractivity contribution in [3.63, 3.8) is 0 Å². The van der Waals surface area contributed by atoms with E-state index in [9.17, 15) is 0 Å². The molecule has 4 heteroatoms. The summed E-state index contributed by atoms with van der Waals surface area (Å²) in [4.78, 5) is 2.30. The average molecular weight is 447 g/mol. The van der Waals surface area contributed by atoms with Crippen LogP contribution in [0, 0.1) is 0 Å². The minimum absolute atomic E-state index is 0.382. The Bertz CT molecular complexity index is 1260. The first-order valence-electron chi connectivity index (χ1n) is 11.8. The SMILES string of the molecule is CC1(C)OB(c2cccc(N(c3ccccc3)c3ccccc3-c3ccccc3)c2)OC1(C)C. The lowest BCUT2D eigenvalue weighted by Gasteiger charge is -2.32. The highest BCUT2D eigenvalue weighted by atomic mass is 16.7. The largest absolute Gasteiger partial charge is 0.494 e. The Hall–Kier alpha value is -3.34. The van der Waals surface area contributed by atoms with Crippen molar-refractivity contribution >= 4 is 29.6 Å². The maximum atomic E-state index is 6.35. The summed E-state index contributed by atoms with van der Waals surface area (Å²) < 4.78 is 12.7. The van der Waals surface area contributed by atoms with E-state index in [1.54, 1.807) is 0 Å². The zero-order chi connectivity index (χ0) is 23.8. The van der Waals surface area contributed by atoms with Gasteiger partial charge in [-0.15, -0.1) is 0 Å². The first kappa shape index (κ1) is 22.5. The first-order valence-corrected chi connectivity index (χ1v) is 11.8. The number of rotatable bonds is 5. The van der Waals surface area contributed by atoms with Crippen LogP contribution in [0.25, 0.3) is 11.1 Å². The minimum Gasteiger partial charge on any atom is -0.399 e. The normalized spacial score (nSPS) is 16.4. The van der Waals surface area contributed by atoms with Crippen LogP contribution in [0.15, 0.2) is 109 Å². The van der Waals surface area contributed by atoms with Gasteiger partial charge in [0.15, 0.2) is 0 Å². The average Bonchev–Trinajstić information content (AvgIpc) is 3.08. The minimum atomic E-state index is -0.410. The molecule has 1 aliphatic heterocycles. The van der Waals surface area contributed by atoms with E-state index in [4.69, 9.17) is 9.31 Å². The van der Waals surface area contributed by atoms with Gasteiger partial charge in [0.1, 0.15) is 0 Å². The molecule has 5 rings (SSSR count). The number of benzene rings is 4. The molecule has 0 amide bonds. The monoisotopic (exact) mass is 447 g/mol. The lowest BCUT2D eigenvalue weighted by molar-refractivity contribution is 0.00578. The molecule has 0 atom stereocenters. The quantitative estimate of drug-likeness (QED) is 0.304. The summed E-state index contributed by atoms with van der Waals surface area (Å²) in [5.41, 5.74) is 5.87. The van der Waals surface area contributed by atoms with Crippen LogP contribution in [0.1, 0.15) is 27.7 Å². The maximum absolute atomic E-state index is 6.35. The van der Waals surface area contributed by atoms with Crippen molar-refractivity contribution in [3.05, 3.63) is 109 Å². The van der Waals surface area contributed by atoms with E-state index in [0.29, 0.717) is 0 Å². The van der Waals surface area contributed by atoms with Crippen LogP contribution in [0.5, 0.6) is 0 Å². The van der Waals surface area contributed by atoms with Crippen molar-refractivity contribution in [3.8, 4) is 11.1 Å². The number of hydrogen-bond acceptors (Lipinski definition) is 3. The van der Waals surface area contributed by atoms with E-state index < -0.39 is 7.12 Å². The Morgan fingerprint density at radius 3 is 1.82 bits per heavy atom. The second-order valence-corrected chi connectivity index (χ2v) is 9.74. The summed E-state index contributed by atoms with van der Waals surface area (Å²) in [6.45, 7) is 8.35. The van der Waals surface area contributed by atoms with Gasteiger partial charge in [-0.1, -0.05) is 78.9 Å². The van der Waals surface area contributed by atoms with Crippen molar-refractivity contribution < 1.29 is 9.31 Å². The van der Waals surface area contributed by atoms with Crippen molar-refractivity contribution in [2.24, 2.45) is 0 Å². The molecule has 3 nitrogen and oxygen atoms in total. The Morgan fingerprint density at radius 2 is 1.15 bits per heavy atom. The summed E-state index contributed by atoms with van der Waals surface area (Å²) in [5, 5.41) is 0. The van der Waals surface area contributed by atoms with Crippen LogP contribution in [-0.2, 0) is 9.31 Å². The van der Waals surface area contributed by atoms with Crippen LogP contribution in [0.3, 0.4) is 0 Å². The Balaban J connectivity index is 1.63. The molecule has 0 spiro atoms. The molecule has 0 N–H and O–H groups in total. The van der Waals surface area contributed by atoms with Crippen LogP contribution >= 0.6 is 0 Å². The lowest BCUT2D eigenvalue weighted by Crippen LogP contribution is -2.41. The molecule has 1 saturated heterocycles. The third-order valence-corrected chi connectivity index (χ3v) is 6.90. The standard InChI is InChI=1S/C30H30BNO2/c1-29(2)30(3,4)34-31(33-29)24-16-13-19-26(22-24)32(25-17-9-6-10-18-25)28-21-12-11-20-27(28)23-14-7-5-8-15-23/h5-22H,1-4H3. The summed E-state index contributed by atoms with van der Waals surface area (Å²) in [6.07, 6.45) is 0. The second kappa shape index (κ2) is 8.79. The zero-order valence-corrected chi connectivity index (χ0v) is 20.2. The van der Waals surface area contributed by atoms with Crippen molar-refractivity contribution in [2.75, 3.05) is 4.90 Å². The Morgan fingerprint density at radius 1 is 0.588 bits per heavy atom. The van der Waals surface area contributed by atoms with Gasteiger partial charge in [-0.25, -0.2) is 0 Å². The number of anilines is 3. The van der Waals surface area contributed by atoms with Gasteiger partial charge in [-0.3, -0.25) is 0 Å². The molecule has 0 bridgehead atoms. The Labute approximate surface area is 203 Å². The van der Waals surface area contributed by atoms with Crippen LogP contribution in [0.2, 0.25) is 0 Å². The molecule has 0 aliphatic carbocycles. The molecule has 1 fully saturated rings. The second-order valence-electron chi connectivity index (χ2n) is 9.74. The molecular weight excluding hydrogens is 417 g/mol. The third kappa shape index (κ3) is 4.15. The highest BCUT2D eigenvalue weighted by Crippen LogP contribution is 2.41. The zero-order valence-electron chi connectivity index (χ0n) is 20.2. The van der Waals surface area contributed by atoms with Gasteiger partial charge >= 0.3 is 7.12 Å². The van der Waals surface area contributed by atoms with E-state index in [1.165, 1.54) is 11.1 Å². The van der Waals surface area contributed by atoms with E-state index >= 15 is 0 Å². The molecule has 1 heterocycles. The van der Waals surface area contributed by atoms with E-state index in [1.807, 2.05) is 6.07 Å². The molecule has 4 aromatic carbocycles. The van der Waals surface area contributed by atoms with Crippen molar-refractivity contribution in [2.45, 2.75) is 38.9 Å². The van der Waals surface area contributed by atoms with Gasteiger partial charge in [0.25, 0.3) is 0 Å². The number of nitrogens with zero attached hydrogens (tertiary/aromatic N) is 1. The van der Waals surface area contributed by atoms with Crippen LogP contribution in [0.4, 0.5) is 17.1 Å². The van der Waals surface area contributed by atoms with Gasteiger partial charge in [0.05, 0.1) is 16.9 Å². The molecule has 0 radical (unpaired) electrons. The first-order chi connectivity index (χ1) is 16.4. The molecule has 0 aromatic heterocycles. The molecule has 4 aromatic rings. The summed E-state index contributed by atoms with van der Waals surface area (Å²) in [7, 11) is -0.410. The van der Waals surface area contributed by atoms with Crippen molar-refractivity contribution in [1.82, 2.24) is 0 Å². The topological polar surface area (TPSA) is 21.7 Å². The van der Waals surface area contributed by atoms with Gasteiger partial charge in [0.2, 0.25) is 0 Å². The summed E-state index contributed by atoms with van der Waals surface area (Å²) in [5.74, 6) is 0. The van der Waals surface area contributed by atoms with E-state index in [-0.39, 0.29) is 11.2 Å². The molecule has 0 saturated carbocycles. The highest BCUT2D eigenvalue weighted by molar-refractivity contribution is 6.62. The molecule has 1 aliphatic rings. The Kier molecular flexibility index (Phi) is 5.80. The fraction of sp³-hybridized carbons (Fsp3) is 0.200. The fourth-order valence-electron chi connectivity index (χ4n) is 4.32. The summed E-state index contributed by atoms with van der Waals surface area (Å²) >= 11 is 0. The van der Waals surface area contributed by atoms with Crippen LogP contribution in [-0.4, -0.2) is 18.3 Å². The van der Waals surface area contributed by atoms with Gasteiger partial charge in [-0.2, -0.15) is 0 Å². The summed E-state index contributed by atoms with van der Waals surface area (Å²) in [6, 6.07) is 38.0. The number of hydrogen-bond donors (Lipinski definition) is 0. The van der Waals surface area contributed by atoms with Gasteiger partial charge in [0, 0.05) is 16.9 Å². The van der Waals surface area contributed by atoms with Gasteiger partial charge < -0.3 is 14.2 Å². The highest BCUT2D eigenvalue weighted by Gasteiger charge is 2.51. The van der Waals surface area contributed by atoms with Gasteiger partial charge in [-0.05, 0) is 69.1 Å². The molecule has 170 valence electrons. The van der Waals surface area contributed by atoms with Crippen LogP contribution < -0.4 is 10.4 Å². The maximum Gasteiger partial charge on any atom is 0.494 e. The third-order valence-electron chi connectivity index (χ3n) is 6.90.